The number of aromatic carboxylic acids is 1. The fourth-order valence-corrected chi connectivity index (χ4v) is 9.67. The van der Waals surface area contributed by atoms with Crippen LogP contribution in [0.25, 0.3) is 22.1 Å². The summed E-state index contributed by atoms with van der Waals surface area (Å²) < 4.78 is 8.74. The van der Waals surface area contributed by atoms with Crippen molar-refractivity contribution in [3.8, 4) is 0 Å². The van der Waals surface area contributed by atoms with Crippen molar-refractivity contribution in [3.05, 3.63) is 176 Å². The van der Waals surface area contributed by atoms with E-state index in [1.54, 1.807) is 30.6 Å². The predicted molar refractivity (Wildman–Crippen MR) is 277 cm³/mol. The number of carboxylic acids is 2. The molecule has 2 aliphatic heterocycles. The average Bonchev–Trinajstić information content (AvgIpc) is 4.05. The van der Waals surface area contributed by atoms with Gasteiger partial charge in [0.15, 0.2) is 0 Å². The topological polar surface area (TPSA) is 220 Å². The van der Waals surface area contributed by atoms with Crippen molar-refractivity contribution in [2.24, 2.45) is 0 Å². The van der Waals surface area contributed by atoms with E-state index in [2.05, 4.69) is 92.2 Å². The van der Waals surface area contributed by atoms with Crippen LogP contribution in [-0.2, 0) is 53.3 Å². The minimum absolute atomic E-state index is 0. The molecule has 6 heterocycles. The average molecular weight is 987 g/mol. The highest BCUT2D eigenvalue weighted by Gasteiger charge is 2.27. The quantitative estimate of drug-likeness (QED) is 0.0978. The van der Waals surface area contributed by atoms with Crippen molar-refractivity contribution < 1.29 is 34.1 Å². The van der Waals surface area contributed by atoms with Gasteiger partial charge in [0, 0.05) is 69.3 Å². The van der Waals surface area contributed by atoms with Crippen molar-refractivity contribution >= 4 is 45.9 Å². The highest BCUT2D eigenvalue weighted by molar-refractivity contribution is 5.94. The first-order valence-corrected chi connectivity index (χ1v) is 24.1. The number of fused-ring (bicyclic) bond motifs is 4. The van der Waals surface area contributed by atoms with Gasteiger partial charge < -0.3 is 25.2 Å². The first-order chi connectivity index (χ1) is 34.9. The van der Waals surface area contributed by atoms with E-state index in [0.717, 1.165) is 93.5 Å². The third kappa shape index (κ3) is 11.8. The summed E-state index contributed by atoms with van der Waals surface area (Å²) in [6.07, 6.45) is 8.15. The summed E-state index contributed by atoms with van der Waals surface area (Å²) in [5.41, 5.74) is 15.5. The number of carbonyl (C=O) groups is 4. The lowest BCUT2D eigenvalue weighted by molar-refractivity contribution is -0.141. The number of amides is 1. The van der Waals surface area contributed by atoms with Gasteiger partial charge in [0.2, 0.25) is 0 Å². The Labute approximate surface area is 424 Å². The van der Waals surface area contributed by atoms with Crippen LogP contribution in [0.1, 0.15) is 122 Å². The molecule has 4 aromatic carbocycles. The highest BCUT2D eigenvalue weighted by Crippen LogP contribution is 2.37. The number of pyridine rings is 2. The van der Waals surface area contributed by atoms with Gasteiger partial charge in [-0.15, -0.1) is 10.2 Å². The number of carboxylic acid groups (broad SMARTS) is 2. The Morgan fingerprint density at radius 3 is 1.74 bits per heavy atom. The number of esters is 1. The van der Waals surface area contributed by atoms with Gasteiger partial charge in [-0.25, -0.2) is 14.2 Å². The van der Waals surface area contributed by atoms with Crippen LogP contribution in [0.3, 0.4) is 0 Å². The van der Waals surface area contributed by atoms with Gasteiger partial charge in [-0.3, -0.25) is 24.4 Å². The van der Waals surface area contributed by atoms with E-state index >= 15 is 0 Å². The SMILES string of the molecule is C.CCn1nnc2c(C)c(C(CC(=O)O)c3ccc4c(c3)CN(C(=O)c3cccnc3)CC4)ccc21.CCn1nnc2c(C)c(C(CC(=O)OC)c3ccc4c(c3)CNCC4)ccc21.O=C(O)c1cccnc1. The number of aromatic nitrogens is 8. The molecule has 0 saturated carbocycles. The molecule has 0 radical (unpaired) electrons. The molecule has 1 amide bonds. The van der Waals surface area contributed by atoms with Gasteiger partial charge in [0.1, 0.15) is 11.0 Å². The van der Waals surface area contributed by atoms with Crippen LogP contribution >= 0.6 is 0 Å². The fraction of sp³-hybridized carbons (Fsp3) is 0.321. The number of nitrogens with zero attached hydrogens (tertiary/aromatic N) is 9. The Hall–Kier alpha value is -8.18. The van der Waals surface area contributed by atoms with E-state index in [4.69, 9.17) is 9.84 Å². The molecule has 0 bridgehead atoms. The second-order valence-corrected chi connectivity index (χ2v) is 17.8. The summed E-state index contributed by atoms with van der Waals surface area (Å²) in [5.74, 6) is -2.47. The van der Waals surface area contributed by atoms with Crippen LogP contribution in [-0.4, -0.2) is 99.1 Å². The van der Waals surface area contributed by atoms with Crippen LogP contribution in [0.15, 0.2) is 110 Å². The van der Waals surface area contributed by atoms with Crippen molar-refractivity contribution in [2.45, 2.75) is 98.8 Å². The van der Waals surface area contributed by atoms with Gasteiger partial charge in [0.25, 0.3) is 5.91 Å². The van der Waals surface area contributed by atoms with Gasteiger partial charge in [0.05, 0.1) is 42.1 Å². The van der Waals surface area contributed by atoms with E-state index in [1.165, 1.54) is 42.3 Å². The molecule has 378 valence electrons. The Bertz CT molecular complexity index is 3250. The maximum absolute atomic E-state index is 13.0. The van der Waals surface area contributed by atoms with E-state index in [9.17, 15) is 24.3 Å². The van der Waals surface area contributed by atoms with Crippen LogP contribution in [0.2, 0.25) is 0 Å². The van der Waals surface area contributed by atoms with Crippen LogP contribution in [0.4, 0.5) is 0 Å². The first kappa shape index (κ1) is 52.6. The maximum atomic E-state index is 13.0. The lowest BCUT2D eigenvalue weighted by atomic mass is 9.83. The van der Waals surface area contributed by atoms with Crippen LogP contribution in [0, 0.1) is 13.8 Å². The fourth-order valence-electron chi connectivity index (χ4n) is 9.67. The molecular weight excluding hydrogens is 925 g/mol. The summed E-state index contributed by atoms with van der Waals surface area (Å²) in [5, 5.41) is 38.7. The van der Waals surface area contributed by atoms with E-state index in [0.29, 0.717) is 31.6 Å². The lowest BCUT2D eigenvalue weighted by Gasteiger charge is -2.30. The number of methoxy groups -OCH3 is 1. The highest BCUT2D eigenvalue weighted by atomic mass is 16.5. The van der Waals surface area contributed by atoms with Crippen LogP contribution < -0.4 is 5.32 Å². The monoisotopic (exact) mass is 986 g/mol. The standard InChI is InChI=1S/C27H27N5O3.C22H26N4O2.C6H5NO2.CH4/c1-3-32-24-9-8-22(17(2)26(24)29-30-32)23(14-25(33)34)19-7-6-18-10-12-31(16-21(18)13-19)27(35)20-5-4-11-28-15-20;1-4-26-20-8-7-18(14(2)22(20)24-25-26)19(12-21(27)28-3)16-6-5-15-9-10-23-13-17(15)11-16;8-6(9)5-2-1-3-7-4-5;/h4-9,11,13,15,23H,3,10,12,14,16H2,1-2H3,(H,33,34);5-8,11,19,23H,4,9-10,12-13H2,1-3H3;1-4H,(H,8,9);1H4. The third-order valence-corrected chi connectivity index (χ3v) is 13.6. The van der Waals surface area contributed by atoms with Crippen LogP contribution in [0.5, 0.6) is 0 Å². The van der Waals surface area contributed by atoms with Gasteiger partial charge in [-0.05, 0) is 139 Å². The maximum Gasteiger partial charge on any atom is 0.337 e. The number of carbonyl (C=O) groups excluding carboxylic acids is 2. The largest absolute Gasteiger partial charge is 0.481 e. The Morgan fingerprint density at radius 1 is 0.685 bits per heavy atom. The molecule has 0 aliphatic carbocycles. The molecule has 73 heavy (non-hydrogen) atoms. The normalized spacial score (nSPS) is 13.5. The predicted octanol–water partition coefficient (Wildman–Crippen LogP) is 8.48. The summed E-state index contributed by atoms with van der Waals surface area (Å²) >= 11 is 0. The van der Waals surface area contributed by atoms with Gasteiger partial charge in [-0.1, -0.05) is 66.4 Å². The molecule has 8 aromatic rings. The summed E-state index contributed by atoms with van der Waals surface area (Å²) in [6, 6.07) is 27.5. The number of hydrogen-bond donors (Lipinski definition) is 3. The number of hydrogen-bond acceptors (Lipinski definition) is 12. The number of benzene rings is 4. The minimum atomic E-state index is -0.942. The molecule has 0 saturated heterocycles. The number of ether oxygens (including phenoxy) is 1. The molecule has 17 nitrogen and oxygen atoms in total. The summed E-state index contributed by atoms with van der Waals surface area (Å²) in [4.78, 5) is 56.8. The first-order valence-electron chi connectivity index (χ1n) is 24.1. The third-order valence-electron chi connectivity index (χ3n) is 13.6. The zero-order valence-corrected chi connectivity index (χ0v) is 41.1. The van der Waals surface area contributed by atoms with E-state index in [1.807, 2.05) is 46.3 Å². The Morgan fingerprint density at radius 2 is 1.23 bits per heavy atom. The molecule has 2 aliphatic rings. The zero-order valence-electron chi connectivity index (χ0n) is 41.1. The molecule has 4 aromatic heterocycles. The Kier molecular flexibility index (Phi) is 17.2. The molecular formula is C56H62N10O7. The smallest absolute Gasteiger partial charge is 0.337 e. The lowest BCUT2D eigenvalue weighted by Crippen LogP contribution is -2.36. The van der Waals surface area contributed by atoms with Crippen molar-refractivity contribution in [1.29, 1.82) is 0 Å². The van der Waals surface area contributed by atoms with Crippen molar-refractivity contribution in [2.75, 3.05) is 20.2 Å². The molecule has 2 atom stereocenters. The molecule has 2 unspecified atom stereocenters. The second-order valence-electron chi connectivity index (χ2n) is 17.8. The number of aliphatic carboxylic acids is 1. The summed E-state index contributed by atoms with van der Waals surface area (Å²) in [7, 11) is 1.44. The minimum Gasteiger partial charge on any atom is -0.481 e. The van der Waals surface area contributed by atoms with Gasteiger partial charge >= 0.3 is 17.9 Å². The molecule has 0 spiro atoms. The second kappa shape index (κ2) is 23.8. The van der Waals surface area contributed by atoms with E-state index < -0.39 is 11.9 Å². The number of aryl methyl sites for hydroxylation is 4. The van der Waals surface area contributed by atoms with Crippen molar-refractivity contribution in [1.82, 2.24) is 50.2 Å². The molecule has 3 N–H and O–H groups in total. The molecule has 0 fully saturated rings. The Balaban J connectivity index is 0.000000183. The van der Waals surface area contributed by atoms with Crippen molar-refractivity contribution in [3.63, 3.8) is 0 Å². The van der Waals surface area contributed by atoms with Gasteiger partial charge in [-0.2, -0.15) is 0 Å². The molecule has 10 rings (SSSR count). The number of rotatable bonds is 12. The molecule has 17 heteroatoms. The zero-order chi connectivity index (χ0) is 50.9. The number of nitrogens with one attached hydrogen (secondary N) is 1. The summed E-state index contributed by atoms with van der Waals surface area (Å²) in [6.45, 7) is 12.6. The van der Waals surface area contributed by atoms with E-state index in [-0.39, 0.29) is 43.1 Å².